The number of β-lactam (4-membered cyclic amide) rings is 1. The zero-order valence-electron chi connectivity index (χ0n) is 20.3. The molecule has 2 fully saturated rings. The maximum absolute atomic E-state index is 12.9. The largest absolute Gasteiger partial charge is 0.477 e. The average Bonchev–Trinajstić information content (AvgIpc) is 3.65. The summed E-state index contributed by atoms with van der Waals surface area (Å²) in [4.78, 5) is 47.6. The van der Waals surface area contributed by atoms with Crippen molar-refractivity contribution >= 4 is 63.7 Å². The third-order valence-electron chi connectivity index (χ3n) is 6.12. The van der Waals surface area contributed by atoms with E-state index < -0.39 is 18.1 Å². The maximum atomic E-state index is 12.9. The molecular formula is C20H24N10O6S3. The standard InChI is InChI=1S/C20H24N10O6S3/c21-19-23-16(26-39-19)14(25-36-10-3-1-2-4-10)17(33)22-11(31)6-29-20(24-27-28-29)38-8-9-7-37-13-5-12(32)30(13)15(9)18(34)35/h10-11,13,31H,1-8H2,(H,22,33)(H,34,35)(H2,21,23,26)/b25-14-. The van der Waals surface area contributed by atoms with E-state index in [1.54, 1.807) is 0 Å². The zero-order chi connectivity index (χ0) is 27.5. The number of anilines is 1. The van der Waals surface area contributed by atoms with Crippen molar-refractivity contribution in [1.82, 2.24) is 39.8 Å². The van der Waals surface area contributed by atoms with Crippen molar-refractivity contribution < 1.29 is 29.4 Å². The number of carbonyl (C=O) groups is 3. The Balaban J connectivity index is 1.22. The van der Waals surface area contributed by atoms with E-state index >= 15 is 0 Å². The fourth-order valence-electron chi connectivity index (χ4n) is 4.22. The van der Waals surface area contributed by atoms with Gasteiger partial charge in [-0.15, -0.1) is 16.9 Å². The highest BCUT2D eigenvalue weighted by Gasteiger charge is 2.45. The first-order chi connectivity index (χ1) is 18.8. The van der Waals surface area contributed by atoms with Crippen LogP contribution in [-0.4, -0.2) is 97.4 Å². The van der Waals surface area contributed by atoms with Crippen LogP contribution in [0.2, 0.25) is 0 Å². The molecule has 2 aromatic rings. The number of tetrazole rings is 1. The lowest BCUT2D eigenvalue weighted by Crippen LogP contribution is -2.54. The van der Waals surface area contributed by atoms with Gasteiger partial charge in [-0.25, -0.2) is 9.48 Å². The molecule has 2 atom stereocenters. The summed E-state index contributed by atoms with van der Waals surface area (Å²) in [5.41, 5.74) is 6.01. The van der Waals surface area contributed by atoms with Gasteiger partial charge in [0, 0.05) is 23.0 Å². The van der Waals surface area contributed by atoms with Crippen molar-refractivity contribution in [2.24, 2.45) is 5.16 Å². The van der Waals surface area contributed by atoms with Crippen molar-refractivity contribution in [1.29, 1.82) is 0 Å². The highest BCUT2D eigenvalue weighted by atomic mass is 32.2. The van der Waals surface area contributed by atoms with Gasteiger partial charge in [0.05, 0.1) is 18.3 Å². The summed E-state index contributed by atoms with van der Waals surface area (Å²) in [7, 11) is 0. The molecule has 2 aliphatic heterocycles. The fourth-order valence-corrected chi connectivity index (χ4v) is 6.95. The van der Waals surface area contributed by atoms with Crippen LogP contribution in [-0.2, 0) is 25.8 Å². The Morgan fingerprint density at radius 3 is 2.82 bits per heavy atom. The number of hydrogen-bond acceptors (Lipinski definition) is 15. The van der Waals surface area contributed by atoms with Crippen LogP contribution < -0.4 is 11.1 Å². The number of aliphatic carboxylic acids is 1. The smallest absolute Gasteiger partial charge is 0.352 e. The first kappa shape index (κ1) is 27.3. The summed E-state index contributed by atoms with van der Waals surface area (Å²) in [5, 5.41) is 38.3. The number of aromatic nitrogens is 6. The van der Waals surface area contributed by atoms with Gasteiger partial charge in [-0.05, 0) is 41.7 Å². The van der Waals surface area contributed by atoms with Crippen molar-refractivity contribution in [3.63, 3.8) is 0 Å². The van der Waals surface area contributed by atoms with E-state index in [9.17, 15) is 24.6 Å². The molecule has 4 heterocycles. The van der Waals surface area contributed by atoms with E-state index in [2.05, 4.69) is 35.4 Å². The van der Waals surface area contributed by atoms with Gasteiger partial charge in [0.25, 0.3) is 5.91 Å². The fraction of sp³-hybridized carbons (Fsp3) is 0.550. The lowest BCUT2D eigenvalue weighted by atomic mass is 10.1. The Kier molecular flexibility index (Phi) is 8.29. The number of fused-ring (bicyclic) bond motifs is 1. The number of oxime groups is 1. The molecule has 5 N–H and O–H groups in total. The highest BCUT2D eigenvalue weighted by molar-refractivity contribution is 8.00. The Labute approximate surface area is 233 Å². The molecule has 1 saturated heterocycles. The number of nitrogen functional groups attached to an aromatic ring is 1. The molecule has 16 nitrogen and oxygen atoms in total. The lowest BCUT2D eigenvalue weighted by Gasteiger charge is -2.43. The number of hydrogen-bond donors (Lipinski definition) is 4. The minimum Gasteiger partial charge on any atom is -0.477 e. The third kappa shape index (κ3) is 6.15. The number of amides is 2. The van der Waals surface area contributed by atoms with Gasteiger partial charge in [-0.2, -0.15) is 9.36 Å². The van der Waals surface area contributed by atoms with Crippen LogP contribution in [0.4, 0.5) is 5.13 Å². The zero-order valence-corrected chi connectivity index (χ0v) is 22.7. The van der Waals surface area contributed by atoms with E-state index in [0.717, 1.165) is 49.0 Å². The number of nitrogens with zero attached hydrogens (tertiary/aromatic N) is 8. The van der Waals surface area contributed by atoms with Crippen LogP contribution >= 0.6 is 35.1 Å². The predicted octanol–water partition coefficient (Wildman–Crippen LogP) is -0.359. The number of carboxylic acid groups (broad SMARTS) is 1. The maximum Gasteiger partial charge on any atom is 0.352 e. The van der Waals surface area contributed by atoms with Crippen LogP contribution in [0.5, 0.6) is 0 Å². The number of nitrogens with one attached hydrogen (secondary N) is 1. The third-order valence-corrected chi connectivity index (χ3v) is 8.98. The molecule has 2 unspecified atom stereocenters. The second-order valence-electron chi connectivity index (χ2n) is 8.82. The van der Waals surface area contributed by atoms with Crippen LogP contribution in [0.3, 0.4) is 0 Å². The monoisotopic (exact) mass is 596 g/mol. The van der Waals surface area contributed by atoms with Crippen molar-refractivity contribution in [2.75, 3.05) is 17.2 Å². The average molecular weight is 597 g/mol. The number of carbonyl (C=O) groups excluding carboxylic acids is 2. The molecule has 0 aromatic carbocycles. The Bertz CT molecular complexity index is 1320. The van der Waals surface area contributed by atoms with Gasteiger partial charge >= 0.3 is 5.97 Å². The Morgan fingerprint density at radius 2 is 2.13 bits per heavy atom. The molecule has 1 aliphatic carbocycles. The second-order valence-corrected chi connectivity index (χ2v) is 11.7. The Morgan fingerprint density at radius 1 is 1.33 bits per heavy atom. The van der Waals surface area contributed by atoms with Gasteiger partial charge in [-0.3, -0.25) is 14.5 Å². The quantitative estimate of drug-likeness (QED) is 0.0855. The summed E-state index contributed by atoms with van der Waals surface area (Å²) < 4.78 is 5.30. The molecule has 0 spiro atoms. The van der Waals surface area contributed by atoms with E-state index in [1.807, 2.05) is 0 Å². The van der Waals surface area contributed by atoms with Crippen LogP contribution in [0.15, 0.2) is 21.6 Å². The number of aliphatic hydroxyl groups is 1. The number of rotatable bonds is 11. The van der Waals surface area contributed by atoms with E-state index in [4.69, 9.17) is 10.6 Å². The SMILES string of the molecule is Nc1nc(/C(=N/OC2CCCC2)C(=O)NC(O)Cn2nnnc2SCC2=C(C(=O)O)N3C(=O)CC3SC2)ns1. The topological polar surface area (TPSA) is 224 Å². The minimum atomic E-state index is -1.42. The normalized spacial score (nSPS) is 20.5. The summed E-state index contributed by atoms with van der Waals surface area (Å²) in [6.07, 6.45) is 2.47. The van der Waals surface area contributed by atoms with E-state index in [-0.39, 0.29) is 57.2 Å². The molecule has 5 rings (SSSR count). The summed E-state index contributed by atoms with van der Waals surface area (Å²) in [5.74, 6) is -1.49. The predicted molar refractivity (Wildman–Crippen MR) is 139 cm³/mol. The van der Waals surface area contributed by atoms with E-state index in [1.165, 1.54) is 21.3 Å². The molecule has 19 heteroatoms. The molecular weight excluding hydrogens is 572 g/mol. The molecule has 2 amide bonds. The number of carboxylic acids is 1. The number of nitrogens with two attached hydrogens (primary N) is 1. The van der Waals surface area contributed by atoms with Gasteiger partial charge in [0.1, 0.15) is 18.0 Å². The van der Waals surface area contributed by atoms with Crippen molar-refractivity contribution in [3.8, 4) is 0 Å². The second kappa shape index (κ2) is 11.8. The van der Waals surface area contributed by atoms with Crippen molar-refractivity contribution in [3.05, 3.63) is 17.1 Å². The van der Waals surface area contributed by atoms with Gasteiger partial charge in [0.15, 0.2) is 5.13 Å². The van der Waals surface area contributed by atoms with Gasteiger partial charge in [0.2, 0.25) is 22.6 Å². The van der Waals surface area contributed by atoms with Crippen molar-refractivity contribution in [2.45, 2.75) is 61.5 Å². The minimum absolute atomic E-state index is 0.00301. The summed E-state index contributed by atoms with van der Waals surface area (Å²) in [6, 6.07) is 0. The molecule has 1 saturated carbocycles. The van der Waals surface area contributed by atoms with Crippen LogP contribution in [0.1, 0.15) is 37.9 Å². The lowest BCUT2D eigenvalue weighted by molar-refractivity contribution is -0.146. The number of aliphatic hydroxyl groups excluding tert-OH is 1. The summed E-state index contributed by atoms with van der Waals surface area (Å²) >= 11 is 3.55. The first-order valence-corrected chi connectivity index (χ1v) is 14.7. The van der Waals surface area contributed by atoms with Crippen LogP contribution in [0.25, 0.3) is 0 Å². The Hall–Kier alpha value is -3.29. The molecule has 208 valence electrons. The first-order valence-electron chi connectivity index (χ1n) is 11.9. The molecule has 39 heavy (non-hydrogen) atoms. The number of thioether (sulfide) groups is 2. The van der Waals surface area contributed by atoms with Gasteiger partial charge in [-0.1, -0.05) is 16.9 Å². The van der Waals surface area contributed by atoms with E-state index in [0.29, 0.717) is 17.7 Å². The molecule has 2 aromatic heterocycles. The van der Waals surface area contributed by atoms with Crippen LogP contribution in [0, 0.1) is 0 Å². The van der Waals surface area contributed by atoms with Gasteiger partial charge < -0.3 is 26.1 Å². The molecule has 0 radical (unpaired) electrons. The molecule has 3 aliphatic rings. The summed E-state index contributed by atoms with van der Waals surface area (Å²) in [6.45, 7) is -0.212. The molecule has 0 bridgehead atoms. The highest BCUT2D eigenvalue weighted by Crippen LogP contribution is 2.41.